The zero-order valence-corrected chi connectivity index (χ0v) is 11.7. The van der Waals surface area contributed by atoms with Crippen molar-refractivity contribution >= 4 is 46.7 Å². The molecule has 0 aromatic heterocycles. The number of halogens is 3. The molecule has 98 valence electrons. The molecule has 0 fully saturated rings. The van der Waals surface area contributed by atoms with E-state index in [0.29, 0.717) is 15.6 Å². The van der Waals surface area contributed by atoms with Gasteiger partial charge in [0, 0.05) is 10.0 Å². The number of amides is 3. The predicted octanol–water partition coefficient (Wildman–Crippen LogP) is 3.12. The maximum atomic E-state index is 11.4. The Morgan fingerprint density at radius 1 is 1.33 bits per heavy atom. The van der Waals surface area contributed by atoms with Gasteiger partial charge in [0.05, 0.1) is 6.04 Å². The van der Waals surface area contributed by atoms with Crippen molar-refractivity contribution in [3.63, 3.8) is 0 Å². The van der Waals surface area contributed by atoms with Crippen molar-refractivity contribution < 1.29 is 9.59 Å². The molecule has 3 amide bonds. The van der Waals surface area contributed by atoms with Crippen LogP contribution in [0.15, 0.2) is 18.2 Å². The van der Waals surface area contributed by atoms with E-state index < -0.39 is 11.9 Å². The van der Waals surface area contributed by atoms with Gasteiger partial charge in [0.2, 0.25) is 5.91 Å². The standard InChI is InChI=1S/C11H11Cl3N2O2/c1-6(15-11(18)16-10(17)5-12)8-3-2-7(13)4-9(8)14/h2-4,6H,5H2,1H3,(H2,15,16,17,18). The Hall–Kier alpha value is -0.970. The highest BCUT2D eigenvalue weighted by Crippen LogP contribution is 2.25. The first-order chi connectivity index (χ1) is 8.43. The number of carbonyl (C=O) groups excluding carboxylic acids is 2. The van der Waals surface area contributed by atoms with Crippen LogP contribution in [0.25, 0.3) is 0 Å². The molecule has 2 N–H and O–H groups in total. The fraction of sp³-hybridized carbons (Fsp3) is 0.273. The molecule has 0 saturated carbocycles. The highest BCUT2D eigenvalue weighted by Gasteiger charge is 2.14. The number of hydrogen-bond acceptors (Lipinski definition) is 2. The maximum Gasteiger partial charge on any atom is 0.321 e. The molecule has 1 atom stereocenters. The van der Waals surface area contributed by atoms with Gasteiger partial charge in [-0.3, -0.25) is 10.1 Å². The summed E-state index contributed by atoms with van der Waals surface area (Å²) in [6.45, 7) is 1.74. The maximum absolute atomic E-state index is 11.4. The van der Waals surface area contributed by atoms with Gasteiger partial charge < -0.3 is 5.32 Å². The van der Waals surface area contributed by atoms with Crippen LogP contribution in [-0.4, -0.2) is 17.8 Å². The zero-order valence-electron chi connectivity index (χ0n) is 9.47. The minimum atomic E-state index is -0.626. The molecule has 1 aromatic carbocycles. The summed E-state index contributed by atoms with van der Waals surface area (Å²) in [5.74, 6) is -0.840. The van der Waals surface area contributed by atoms with Gasteiger partial charge in [-0.15, -0.1) is 11.6 Å². The minimum absolute atomic E-state index is 0.274. The van der Waals surface area contributed by atoms with Crippen LogP contribution in [0.5, 0.6) is 0 Å². The summed E-state index contributed by atoms with van der Waals surface area (Å²) in [7, 11) is 0. The average molecular weight is 310 g/mol. The lowest BCUT2D eigenvalue weighted by Gasteiger charge is -2.15. The van der Waals surface area contributed by atoms with Gasteiger partial charge >= 0.3 is 6.03 Å². The number of rotatable bonds is 3. The Morgan fingerprint density at radius 3 is 2.56 bits per heavy atom. The van der Waals surface area contributed by atoms with Crippen molar-refractivity contribution in [3.8, 4) is 0 Å². The Kier molecular flexibility index (Phi) is 5.72. The summed E-state index contributed by atoms with van der Waals surface area (Å²) in [6.07, 6.45) is 0. The highest BCUT2D eigenvalue weighted by atomic mass is 35.5. The van der Waals surface area contributed by atoms with E-state index in [1.807, 2.05) is 0 Å². The van der Waals surface area contributed by atoms with Gasteiger partial charge in [-0.25, -0.2) is 4.79 Å². The number of carbonyl (C=O) groups is 2. The van der Waals surface area contributed by atoms with Gasteiger partial charge in [-0.2, -0.15) is 0 Å². The van der Waals surface area contributed by atoms with Crippen LogP contribution in [0, 0.1) is 0 Å². The minimum Gasteiger partial charge on any atom is -0.331 e. The molecule has 0 saturated heterocycles. The third kappa shape index (κ3) is 4.37. The molecule has 0 aliphatic rings. The van der Waals surface area contributed by atoms with Gasteiger partial charge in [0.15, 0.2) is 0 Å². The topological polar surface area (TPSA) is 58.2 Å². The third-order valence-corrected chi connectivity index (χ3v) is 2.96. The van der Waals surface area contributed by atoms with Crippen molar-refractivity contribution in [2.75, 3.05) is 5.88 Å². The first kappa shape index (κ1) is 15.1. The summed E-state index contributed by atoms with van der Waals surface area (Å²) in [5.41, 5.74) is 0.703. The Morgan fingerprint density at radius 2 is 2.00 bits per heavy atom. The molecule has 0 radical (unpaired) electrons. The van der Waals surface area contributed by atoms with Gasteiger partial charge in [0.25, 0.3) is 0 Å². The van der Waals surface area contributed by atoms with Crippen LogP contribution in [0.3, 0.4) is 0 Å². The molecule has 0 heterocycles. The SMILES string of the molecule is CC(NC(=O)NC(=O)CCl)c1ccc(Cl)cc1Cl. The molecule has 1 aromatic rings. The molecule has 4 nitrogen and oxygen atoms in total. The van der Waals surface area contributed by atoms with Crippen molar-refractivity contribution in [1.29, 1.82) is 0 Å². The van der Waals surface area contributed by atoms with E-state index in [0.717, 1.165) is 0 Å². The van der Waals surface area contributed by atoms with Crippen LogP contribution in [0.4, 0.5) is 4.79 Å². The Balaban J connectivity index is 2.67. The van der Waals surface area contributed by atoms with E-state index in [2.05, 4.69) is 10.6 Å². The van der Waals surface area contributed by atoms with E-state index in [4.69, 9.17) is 34.8 Å². The summed E-state index contributed by atoms with van der Waals surface area (Å²) in [6, 6.07) is 3.97. The van der Waals surface area contributed by atoms with Crippen LogP contribution in [0.2, 0.25) is 10.0 Å². The van der Waals surface area contributed by atoms with Crippen LogP contribution in [-0.2, 0) is 4.79 Å². The van der Waals surface area contributed by atoms with Crippen LogP contribution in [0.1, 0.15) is 18.5 Å². The molecule has 0 bridgehead atoms. The second-order valence-corrected chi connectivity index (χ2v) is 4.65. The molecule has 0 spiro atoms. The largest absolute Gasteiger partial charge is 0.331 e. The fourth-order valence-corrected chi connectivity index (χ4v) is 1.96. The van der Waals surface area contributed by atoms with E-state index in [-0.39, 0.29) is 11.9 Å². The van der Waals surface area contributed by atoms with Crippen molar-refractivity contribution in [2.45, 2.75) is 13.0 Å². The number of alkyl halides is 1. The van der Waals surface area contributed by atoms with Crippen molar-refractivity contribution in [1.82, 2.24) is 10.6 Å². The Labute approximate surface area is 120 Å². The summed E-state index contributed by atoms with van der Waals surface area (Å²) < 4.78 is 0. The highest BCUT2D eigenvalue weighted by molar-refractivity contribution is 6.35. The van der Waals surface area contributed by atoms with E-state index >= 15 is 0 Å². The normalized spacial score (nSPS) is 11.8. The number of imide groups is 1. The summed E-state index contributed by atoms with van der Waals surface area (Å²) >= 11 is 17.0. The summed E-state index contributed by atoms with van der Waals surface area (Å²) in [5, 5.41) is 5.59. The van der Waals surface area contributed by atoms with E-state index in [9.17, 15) is 9.59 Å². The predicted molar refractivity (Wildman–Crippen MR) is 72.3 cm³/mol. The van der Waals surface area contributed by atoms with Gasteiger partial charge in [-0.05, 0) is 24.6 Å². The average Bonchev–Trinajstić information content (AvgIpc) is 2.28. The monoisotopic (exact) mass is 308 g/mol. The molecule has 1 unspecified atom stereocenters. The molecule has 0 aliphatic heterocycles. The second-order valence-electron chi connectivity index (χ2n) is 3.54. The van der Waals surface area contributed by atoms with Crippen molar-refractivity contribution in [2.24, 2.45) is 0 Å². The number of nitrogens with one attached hydrogen (secondary N) is 2. The molecule has 18 heavy (non-hydrogen) atoms. The smallest absolute Gasteiger partial charge is 0.321 e. The van der Waals surface area contributed by atoms with Crippen molar-refractivity contribution in [3.05, 3.63) is 33.8 Å². The fourth-order valence-electron chi connectivity index (χ4n) is 1.32. The van der Waals surface area contributed by atoms with E-state index in [1.54, 1.807) is 25.1 Å². The van der Waals surface area contributed by atoms with Gasteiger partial charge in [0.1, 0.15) is 5.88 Å². The van der Waals surface area contributed by atoms with Gasteiger partial charge in [-0.1, -0.05) is 29.3 Å². The first-order valence-corrected chi connectivity index (χ1v) is 6.34. The quantitative estimate of drug-likeness (QED) is 0.843. The Bertz CT molecular complexity index is 466. The molecular formula is C11H11Cl3N2O2. The van der Waals surface area contributed by atoms with E-state index in [1.165, 1.54) is 0 Å². The zero-order chi connectivity index (χ0) is 13.7. The van der Waals surface area contributed by atoms with Crippen LogP contribution < -0.4 is 10.6 Å². The molecule has 0 aliphatic carbocycles. The second kappa shape index (κ2) is 6.83. The number of urea groups is 1. The first-order valence-electron chi connectivity index (χ1n) is 5.05. The third-order valence-electron chi connectivity index (χ3n) is 2.15. The number of benzene rings is 1. The summed E-state index contributed by atoms with van der Waals surface area (Å²) in [4.78, 5) is 22.3. The molecule has 1 rings (SSSR count). The molecular weight excluding hydrogens is 298 g/mol. The molecule has 7 heteroatoms. The van der Waals surface area contributed by atoms with Crippen LogP contribution >= 0.6 is 34.8 Å². The lowest BCUT2D eigenvalue weighted by atomic mass is 10.1. The lowest BCUT2D eigenvalue weighted by Crippen LogP contribution is -2.41. The number of hydrogen-bond donors (Lipinski definition) is 2. The lowest BCUT2D eigenvalue weighted by molar-refractivity contribution is -0.117.